The average Bonchev–Trinajstić information content (AvgIpc) is 2.96. The van der Waals surface area contributed by atoms with Crippen LogP contribution >= 0.6 is 12.4 Å². The van der Waals surface area contributed by atoms with Gasteiger partial charge in [0.25, 0.3) is 5.91 Å². The van der Waals surface area contributed by atoms with Crippen LogP contribution in [0.3, 0.4) is 0 Å². The molecule has 2 unspecified atom stereocenters. The van der Waals surface area contributed by atoms with E-state index < -0.39 is 0 Å². The fraction of sp³-hybridized carbons (Fsp3) is 0.938. The Labute approximate surface area is 134 Å². The van der Waals surface area contributed by atoms with Crippen molar-refractivity contribution in [1.29, 1.82) is 0 Å². The van der Waals surface area contributed by atoms with Crippen LogP contribution in [0.15, 0.2) is 0 Å². The van der Waals surface area contributed by atoms with Gasteiger partial charge in [0.2, 0.25) is 0 Å². The zero-order valence-electron chi connectivity index (χ0n) is 12.9. The van der Waals surface area contributed by atoms with Crippen molar-refractivity contribution >= 4 is 18.3 Å². The molecule has 2 atom stereocenters. The van der Waals surface area contributed by atoms with E-state index in [0.717, 1.165) is 19.0 Å². The number of halogens is 1. The number of rotatable bonds is 3. The maximum absolute atomic E-state index is 12.6. The fourth-order valence-electron chi connectivity index (χ4n) is 4.09. The molecule has 3 rings (SSSR count). The first-order chi connectivity index (χ1) is 9.84. The van der Waals surface area contributed by atoms with E-state index in [9.17, 15) is 4.79 Å². The molecule has 4 nitrogen and oxygen atoms in total. The highest BCUT2D eigenvalue weighted by molar-refractivity contribution is 5.85. The number of nitrogens with one attached hydrogen (secondary N) is 1. The van der Waals surface area contributed by atoms with Gasteiger partial charge in [0, 0.05) is 25.7 Å². The molecule has 1 N–H and O–H groups in total. The van der Waals surface area contributed by atoms with E-state index in [1.807, 2.05) is 0 Å². The van der Waals surface area contributed by atoms with Crippen LogP contribution in [0.5, 0.6) is 0 Å². The van der Waals surface area contributed by atoms with Gasteiger partial charge in [-0.2, -0.15) is 0 Å². The van der Waals surface area contributed by atoms with Gasteiger partial charge in [-0.1, -0.05) is 32.1 Å². The Morgan fingerprint density at radius 1 is 1.14 bits per heavy atom. The summed E-state index contributed by atoms with van der Waals surface area (Å²) < 4.78 is 5.64. The predicted octanol–water partition coefficient (Wildman–Crippen LogP) is 2.36. The Morgan fingerprint density at radius 2 is 1.95 bits per heavy atom. The van der Waals surface area contributed by atoms with Crippen LogP contribution in [0.1, 0.15) is 51.4 Å². The largest absolute Gasteiger partial charge is 0.366 e. The fourth-order valence-corrected chi connectivity index (χ4v) is 4.09. The van der Waals surface area contributed by atoms with Gasteiger partial charge in [-0.3, -0.25) is 4.79 Å². The zero-order valence-corrected chi connectivity index (χ0v) is 13.7. The van der Waals surface area contributed by atoms with E-state index in [0.29, 0.717) is 19.2 Å². The Balaban J connectivity index is 0.00000161. The first kappa shape index (κ1) is 17.0. The molecule has 0 aromatic carbocycles. The second-order valence-electron chi connectivity index (χ2n) is 6.63. The van der Waals surface area contributed by atoms with Crippen LogP contribution in [-0.4, -0.2) is 49.2 Å². The number of carbonyl (C=O) groups is 1. The van der Waals surface area contributed by atoms with E-state index in [4.69, 9.17) is 4.74 Å². The minimum absolute atomic E-state index is 0. The maximum Gasteiger partial charge on any atom is 0.253 e. The van der Waals surface area contributed by atoms with Crippen molar-refractivity contribution in [2.45, 2.75) is 63.5 Å². The van der Waals surface area contributed by atoms with E-state index in [1.54, 1.807) is 0 Å². The van der Waals surface area contributed by atoms with E-state index >= 15 is 0 Å². The third-order valence-electron chi connectivity index (χ3n) is 5.19. The molecule has 0 aromatic heterocycles. The minimum Gasteiger partial charge on any atom is -0.366 e. The molecule has 2 aliphatic heterocycles. The molecule has 122 valence electrons. The van der Waals surface area contributed by atoms with E-state index in [1.165, 1.54) is 51.4 Å². The molecule has 0 spiro atoms. The van der Waals surface area contributed by atoms with Gasteiger partial charge < -0.3 is 15.0 Å². The Morgan fingerprint density at radius 3 is 2.67 bits per heavy atom. The summed E-state index contributed by atoms with van der Waals surface area (Å²) in [6.07, 6.45) is 10.3. The van der Waals surface area contributed by atoms with Crippen molar-refractivity contribution in [2.24, 2.45) is 5.92 Å². The maximum atomic E-state index is 12.6. The molecule has 2 saturated heterocycles. The lowest BCUT2D eigenvalue weighted by molar-refractivity contribution is -0.146. The monoisotopic (exact) mass is 316 g/mol. The van der Waals surface area contributed by atoms with Gasteiger partial charge in [0.15, 0.2) is 0 Å². The van der Waals surface area contributed by atoms with Gasteiger partial charge in [-0.15, -0.1) is 12.4 Å². The van der Waals surface area contributed by atoms with Crippen molar-refractivity contribution in [3.8, 4) is 0 Å². The summed E-state index contributed by atoms with van der Waals surface area (Å²) in [6, 6.07) is 0.483. The summed E-state index contributed by atoms with van der Waals surface area (Å²) >= 11 is 0. The molecular formula is C16H29ClN2O2. The molecule has 0 bridgehead atoms. The number of carbonyl (C=O) groups excluding carboxylic acids is 1. The normalized spacial score (nSPS) is 31.0. The molecule has 3 fully saturated rings. The van der Waals surface area contributed by atoms with Crippen molar-refractivity contribution in [3.05, 3.63) is 0 Å². The molecule has 0 radical (unpaired) electrons. The molecule has 2 heterocycles. The molecule has 1 saturated carbocycles. The van der Waals surface area contributed by atoms with E-state index in [-0.39, 0.29) is 24.4 Å². The van der Waals surface area contributed by atoms with Crippen molar-refractivity contribution in [3.63, 3.8) is 0 Å². The lowest BCUT2D eigenvalue weighted by Gasteiger charge is -2.33. The van der Waals surface area contributed by atoms with Crippen LogP contribution < -0.4 is 5.32 Å². The number of amides is 1. The van der Waals surface area contributed by atoms with Gasteiger partial charge >= 0.3 is 0 Å². The summed E-state index contributed by atoms with van der Waals surface area (Å²) in [5, 5.41) is 3.26. The molecule has 5 heteroatoms. The third kappa shape index (κ3) is 4.33. The highest BCUT2D eigenvalue weighted by atomic mass is 35.5. The Hall–Kier alpha value is -0.320. The zero-order chi connectivity index (χ0) is 13.8. The van der Waals surface area contributed by atoms with Crippen molar-refractivity contribution in [2.75, 3.05) is 26.2 Å². The number of nitrogens with zero attached hydrogens (tertiary/aromatic N) is 1. The quantitative estimate of drug-likeness (QED) is 0.869. The summed E-state index contributed by atoms with van der Waals surface area (Å²) in [4.78, 5) is 14.7. The van der Waals surface area contributed by atoms with Crippen LogP contribution in [-0.2, 0) is 9.53 Å². The summed E-state index contributed by atoms with van der Waals surface area (Å²) in [6.45, 7) is 3.16. The van der Waals surface area contributed by atoms with Gasteiger partial charge in [-0.25, -0.2) is 0 Å². The number of morpholine rings is 1. The second kappa shape index (κ2) is 8.35. The van der Waals surface area contributed by atoms with Gasteiger partial charge in [0.05, 0.1) is 6.61 Å². The lowest BCUT2D eigenvalue weighted by atomic mass is 9.84. The average molecular weight is 317 g/mol. The smallest absolute Gasteiger partial charge is 0.253 e. The summed E-state index contributed by atoms with van der Waals surface area (Å²) in [7, 11) is 0. The number of ether oxygens (including phenoxy) is 1. The molecule has 3 aliphatic rings. The first-order valence-electron chi connectivity index (χ1n) is 8.47. The number of hydrogen-bond donors (Lipinski definition) is 1. The van der Waals surface area contributed by atoms with Crippen LogP contribution in [0, 0.1) is 5.92 Å². The predicted molar refractivity (Wildman–Crippen MR) is 85.8 cm³/mol. The summed E-state index contributed by atoms with van der Waals surface area (Å²) in [5.41, 5.74) is 0. The highest BCUT2D eigenvalue weighted by Gasteiger charge is 2.35. The standard InChI is InChI=1S/C16H28N2O2.ClH/c19-16(15-12-17-8-10-20-15)18-9-4-7-14(18)11-13-5-2-1-3-6-13;/h13-15,17H,1-12H2;1H. The highest BCUT2D eigenvalue weighted by Crippen LogP contribution is 2.32. The second-order valence-corrected chi connectivity index (χ2v) is 6.63. The van der Waals surface area contributed by atoms with Crippen LogP contribution in [0.25, 0.3) is 0 Å². The summed E-state index contributed by atoms with van der Waals surface area (Å²) in [5.74, 6) is 1.09. The van der Waals surface area contributed by atoms with Crippen LogP contribution in [0.4, 0.5) is 0 Å². The van der Waals surface area contributed by atoms with Gasteiger partial charge in [0.1, 0.15) is 6.10 Å². The third-order valence-corrected chi connectivity index (χ3v) is 5.19. The molecule has 21 heavy (non-hydrogen) atoms. The molecule has 0 aromatic rings. The number of likely N-dealkylation sites (tertiary alicyclic amines) is 1. The van der Waals surface area contributed by atoms with E-state index in [2.05, 4.69) is 10.2 Å². The van der Waals surface area contributed by atoms with Crippen LogP contribution in [0.2, 0.25) is 0 Å². The van der Waals surface area contributed by atoms with Crippen molar-refractivity contribution < 1.29 is 9.53 Å². The minimum atomic E-state index is -0.240. The molecule has 1 amide bonds. The Kier molecular flexibility index (Phi) is 6.77. The molecule has 1 aliphatic carbocycles. The first-order valence-corrected chi connectivity index (χ1v) is 8.47. The number of hydrogen-bond acceptors (Lipinski definition) is 3. The van der Waals surface area contributed by atoms with Gasteiger partial charge in [-0.05, 0) is 25.2 Å². The lowest BCUT2D eigenvalue weighted by Crippen LogP contribution is -2.50. The SMILES string of the molecule is Cl.O=C(C1CNCCO1)N1CCCC1CC1CCCCC1. The molecular weight excluding hydrogens is 288 g/mol. The topological polar surface area (TPSA) is 41.6 Å². The van der Waals surface area contributed by atoms with Crippen molar-refractivity contribution in [1.82, 2.24) is 10.2 Å². The Bertz CT molecular complexity index is 328.